The second-order valence-corrected chi connectivity index (χ2v) is 9.33. The molecule has 2 aromatic heterocycles. The molecule has 0 saturated carbocycles. The van der Waals surface area contributed by atoms with Gasteiger partial charge < -0.3 is 16.0 Å². The number of fused-ring (bicyclic) bond motifs is 1. The molecule has 0 bridgehead atoms. The molecule has 0 aliphatic carbocycles. The van der Waals surface area contributed by atoms with Gasteiger partial charge in [0, 0.05) is 28.7 Å². The number of hydrogen-bond donors (Lipinski definition) is 3. The first-order valence-corrected chi connectivity index (χ1v) is 12.5. The lowest BCUT2D eigenvalue weighted by Crippen LogP contribution is -2.32. The van der Waals surface area contributed by atoms with Gasteiger partial charge in [0.2, 0.25) is 11.5 Å². The van der Waals surface area contributed by atoms with Crippen LogP contribution in [0, 0.1) is 11.6 Å². The standard InChI is InChI=1S/C31H24F2N4O3/c32-21-6-3-5-18(13-21)14-27(37-29(39)17-20-16-28(38)36-26-9-2-1-7-22(20)26)30-23(8-4-12-35-30)19-10-11-25(33)24(15-19)31(34)40/h1-13,15-16,27H,14,17H2,(H2,34,40)(H,36,38)(H,37,39). The van der Waals surface area contributed by atoms with Crippen molar-refractivity contribution in [2.75, 3.05) is 0 Å². The van der Waals surface area contributed by atoms with Crippen LogP contribution in [0.25, 0.3) is 22.0 Å². The number of para-hydroxylation sites is 1. The van der Waals surface area contributed by atoms with E-state index in [1.807, 2.05) is 12.1 Å². The quantitative estimate of drug-likeness (QED) is 0.267. The molecule has 0 saturated heterocycles. The molecular weight excluding hydrogens is 514 g/mol. The van der Waals surface area contributed by atoms with Gasteiger partial charge in [0.1, 0.15) is 11.6 Å². The Hall–Kier alpha value is -5.18. The van der Waals surface area contributed by atoms with E-state index in [0.29, 0.717) is 33.5 Å². The highest BCUT2D eigenvalue weighted by atomic mass is 19.1. The van der Waals surface area contributed by atoms with Crippen molar-refractivity contribution in [1.82, 2.24) is 15.3 Å². The Labute approximate surface area is 227 Å². The van der Waals surface area contributed by atoms with E-state index in [1.54, 1.807) is 42.6 Å². The van der Waals surface area contributed by atoms with Gasteiger partial charge in [-0.3, -0.25) is 19.4 Å². The van der Waals surface area contributed by atoms with Crippen LogP contribution in [-0.2, 0) is 17.6 Å². The third-order valence-electron chi connectivity index (χ3n) is 6.56. The van der Waals surface area contributed by atoms with Crippen molar-refractivity contribution in [3.8, 4) is 11.1 Å². The first kappa shape index (κ1) is 26.4. The van der Waals surface area contributed by atoms with Gasteiger partial charge in [-0.15, -0.1) is 0 Å². The largest absolute Gasteiger partial charge is 0.366 e. The van der Waals surface area contributed by atoms with Gasteiger partial charge in [0.25, 0.3) is 5.91 Å². The minimum Gasteiger partial charge on any atom is -0.366 e. The normalized spacial score (nSPS) is 11.8. The number of carbonyl (C=O) groups excluding carboxylic acids is 2. The van der Waals surface area contributed by atoms with Crippen molar-refractivity contribution in [1.29, 1.82) is 0 Å². The molecule has 3 aromatic carbocycles. The first-order chi connectivity index (χ1) is 19.3. The fourth-order valence-electron chi connectivity index (χ4n) is 4.78. The second kappa shape index (κ2) is 11.3. The average molecular weight is 539 g/mol. The lowest BCUT2D eigenvalue weighted by atomic mass is 9.94. The summed E-state index contributed by atoms with van der Waals surface area (Å²) in [6.45, 7) is 0. The summed E-state index contributed by atoms with van der Waals surface area (Å²) in [7, 11) is 0. The van der Waals surface area contributed by atoms with Gasteiger partial charge in [-0.2, -0.15) is 0 Å². The van der Waals surface area contributed by atoms with E-state index >= 15 is 0 Å². The van der Waals surface area contributed by atoms with Crippen LogP contribution >= 0.6 is 0 Å². The van der Waals surface area contributed by atoms with Crippen molar-refractivity contribution in [2.45, 2.75) is 18.9 Å². The molecule has 1 unspecified atom stereocenters. The maximum atomic E-state index is 14.2. The smallest absolute Gasteiger partial charge is 0.251 e. The summed E-state index contributed by atoms with van der Waals surface area (Å²) >= 11 is 0. The Morgan fingerprint density at radius 2 is 1.77 bits per heavy atom. The highest BCUT2D eigenvalue weighted by Crippen LogP contribution is 2.30. The maximum absolute atomic E-state index is 14.2. The summed E-state index contributed by atoms with van der Waals surface area (Å²) in [5.74, 6) is -2.48. The molecule has 200 valence electrons. The summed E-state index contributed by atoms with van der Waals surface area (Å²) < 4.78 is 28.2. The minimum absolute atomic E-state index is 0.0887. The Morgan fingerprint density at radius 3 is 2.58 bits per heavy atom. The van der Waals surface area contributed by atoms with Gasteiger partial charge in [0.05, 0.1) is 23.7 Å². The zero-order valence-corrected chi connectivity index (χ0v) is 21.2. The number of H-pyrrole nitrogens is 1. The number of nitrogens with one attached hydrogen (secondary N) is 2. The van der Waals surface area contributed by atoms with Crippen molar-refractivity contribution in [3.05, 3.63) is 135 Å². The van der Waals surface area contributed by atoms with E-state index in [1.165, 1.54) is 30.3 Å². The third-order valence-corrected chi connectivity index (χ3v) is 6.56. The van der Waals surface area contributed by atoms with Crippen LogP contribution in [0.15, 0.2) is 95.9 Å². The van der Waals surface area contributed by atoms with E-state index in [9.17, 15) is 23.2 Å². The molecule has 0 radical (unpaired) electrons. The van der Waals surface area contributed by atoms with Gasteiger partial charge in [-0.05, 0) is 59.5 Å². The molecule has 0 fully saturated rings. The number of aromatic amines is 1. The van der Waals surface area contributed by atoms with E-state index in [0.717, 1.165) is 11.5 Å². The van der Waals surface area contributed by atoms with Crippen LogP contribution in [0.1, 0.15) is 33.2 Å². The molecule has 7 nitrogen and oxygen atoms in total. The van der Waals surface area contributed by atoms with Gasteiger partial charge in [0.15, 0.2) is 0 Å². The highest BCUT2D eigenvalue weighted by molar-refractivity contribution is 5.94. The van der Waals surface area contributed by atoms with Crippen molar-refractivity contribution >= 4 is 22.7 Å². The number of amides is 2. The summed E-state index contributed by atoms with van der Waals surface area (Å²) in [4.78, 5) is 44.7. The Balaban J connectivity index is 1.54. The van der Waals surface area contributed by atoms with Crippen molar-refractivity contribution in [2.24, 2.45) is 5.73 Å². The Morgan fingerprint density at radius 1 is 0.950 bits per heavy atom. The number of nitrogens with two attached hydrogens (primary N) is 1. The number of carbonyl (C=O) groups is 2. The molecule has 5 rings (SSSR count). The predicted octanol–water partition coefficient (Wildman–Crippen LogP) is 4.61. The molecule has 2 amide bonds. The summed E-state index contributed by atoms with van der Waals surface area (Å²) in [6.07, 6.45) is 1.65. The number of aromatic nitrogens is 2. The molecule has 0 aliphatic heterocycles. The van der Waals surface area contributed by atoms with E-state index in [-0.39, 0.29) is 29.9 Å². The summed E-state index contributed by atoms with van der Waals surface area (Å²) in [6, 6.07) is 21.2. The van der Waals surface area contributed by atoms with Gasteiger partial charge >= 0.3 is 0 Å². The van der Waals surface area contributed by atoms with Crippen molar-refractivity contribution in [3.63, 3.8) is 0 Å². The number of halogens is 2. The first-order valence-electron chi connectivity index (χ1n) is 12.5. The Kier molecular flexibility index (Phi) is 7.46. The topological polar surface area (TPSA) is 118 Å². The average Bonchev–Trinajstić information content (AvgIpc) is 2.93. The monoisotopic (exact) mass is 538 g/mol. The number of pyridine rings is 2. The zero-order chi connectivity index (χ0) is 28.2. The summed E-state index contributed by atoms with van der Waals surface area (Å²) in [5, 5.41) is 3.73. The molecule has 0 aliphatic rings. The molecule has 1 atom stereocenters. The zero-order valence-electron chi connectivity index (χ0n) is 21.2. The molecule has 4 N–H and O–H groups in total. The van der Waals surface area contributed by atoms with Crippen molar-refractivity contribution < 1.29 is 18.4 Å². The van der Waals surface area contributed by atoms with E-state index < -0.39 is 23.6 Å². The van der Waals surface area contributed by atoms with Gasteiger partial charge in [-0.1, -0.05) is 42.5 Å². The Bertz CT molecular complexity index is 1800. The molecule has 40 heavy (non-hydrogen) atoms. The second-order valence-electron chi connectivity index (χ2n) is 9.33. The number of nitrogens with zero attached hydrogens (tertiary/aromatic N) is 1. The SMILES string of the molecule is NC(=O)c1cc(-c2cccnc2C(Cc2cccc(F)c2)NC(=O)Cc2cc(=O)[nH]c3ccccc23)ccc1F. The van der Waals surface area contributed by atoms with Crippen LogP contribution < -0.4 is 16.6 Å². The molecule has 5 aromatic rings. The predicted molar refractivity (Wildman–Crippen MR) is 147 cm³/mol. The maximum Gasteiger partial charge on any atom is 0.251 e. The van der Waals surface area contributed by atoms with E-state index in [2.05, 4.69) is 15.3 Å². The lowest BCUT2D eigenvalue weighted by molar-refractivity contribution is -0.121. The van der Waals surface area contributed by atoms with E-state index in [4.69, 9.17) is 5.73 Å². The van der Waals surface area contributed by atoms with Crippen LogP contribution in [0.4, 0.5) is 8.78 Å². The third kappa shape index (κ3) is 5.78. The minimum atomic E-state index is -0.917. The highest BCUT2D eigenvalue weighted by Gasteiger charge is 2.22. The number of primary amides is 1. The fourth-order valence-corrected chi connectivity index (χ4v) is 4.78. The molecule has 0 spiro atoms. The lowest BCUT2D eigenvalue weighted by Gasteiger charge is -2.22. The van der Waals surface area contributed by atoms with Crippen LogP contribution in [0.3, 0.4) is 0 Å². The molecule has 2 heterocycles. The molecular formula is C31H24F2N4O3. The van der Waals surface area contributed by atoms with Crippen LogP contribution in [0.2, 0.25) is 0 Å². The fraction of sp³-hybridized carbons (Fsp3) is 0.0968. The van der Waals surface area contributed by atoms with Crippen LogP contribution in [0.5, 0.6) is 0 Å². The summed E-state index contributed by atoms with van der Waals surface area (Å²) in [5.41, 5.74) is 7.95. The number of hydrogen-bond acceptors (Lipinski definition) is 4. The molecule has 9 heteroatoms. The number of benzene rings is 3. The van der Waals surface area contributed by atoms with Crippen LogP contribution in [-0.4, -0.2) is 21.8 Å². The number of rotatable bonds is 8. The van der Waals surface area contributed by atoms with Gasteiger partial charge in [-0.25, -0.2) is 8.78 Å².